The van der Waals surface area contributed by atoms with Crippen molar-refractivity contribution in [3.05, 3.63) is 39.9 Å². The van der Waals surface area contributed by atoms with Gasteiger partial charge in [-0.25, -0.2) is 0 Å². The van der Waals surface area contributed by atoms with E-state index in [1.54, 1.807) is 24.2 Å². The third kappa shape index (κ3) is 5.81. The van der Waals surface area contributed by atoms with Crippen LogP contribution in [0.3, 0.4) is 0 Å². The van der Waals surface area contributed by atoms with Crippen molar-refractivity contribution in [1.29, 1.82) is 0 Å². The summed E-state index contributed by atoms with van der Waals surface area (Å²) < 4.78 is 0.321. The second kappa shape index (κ2) is 9.02. The van der Waals surface area contributed by atoms with Crippen LogP contribution in [0.25, 0.3) is 6.08 Å². The quantitative estimate of drug-likeness (QED) is 0.396. The minimum atomic E-state index is -0.394. The molecule has 2 rings (SSSR count). The van der Waals surface area contributed by atoms with E-state index in [9.17, 15) is 0 Å². The molecule has 0 saturated carbocycles. The molecule has 1 aromatic rings. The van der Waals surface area contributed by atoms with Gasteiger partial charge in [-0.2, -0.15) is 0 Å². The summed E-state index contributed by atoms with van der Waals surface area (Å²) >= 11 is 11.4. The Kier molecular flexibility index (Phi) is 7.35. The lowest BCUT2D eigenvalue weighted by Crippen LogP contribution is -2.20. The topological polar surface area (TPSA) is 0 Å². The zero-order valence-electron chi connectivity index (χ0n) is 13.0. The maximum atomic E-state index is 5.70. The fraction of sp³-hybridized carbons (Fsp3) is 0.556. The van der Waals surface area contributed by atoms with Crippen LogP contribution in [-0.4, -0.2) is 8.80 Å². The van der Waals surface area contributed by atoms with Crippen molar-refractivity contribution in [2.75, 3.05) is 0 Å². The zero-order chi connectivity index (χ0) is 15.1. The van der Waals surface area contributed by atoms with Gasteiger partial charge in [0.1, 0.15) is 4.49 Å². The molecule has 1 aliphatic heterocycles. The summed E-state index contributed by atoms with van der Waals surface area (Å²) in [5.41, 5.74) is 2.58. The Balaban J connectivity index is 1.83. The van der Waals surface area contributed by atoms with E-state index in [-0.39, 0.29) is 0 Å². The molecule has 1 saturated heterocycles. The highest BCUT2D eigenvalue weighted by Crippen LogP contribution is 2.35. The van der Waals surface area contributed by atoms with Gasteiger partial charge in [0.15, 0.2) is 0 Å². The van der Waals surface area contributed by atoms with Gasteiger partial charge in [0.2, 0.25) is 0 Å². The number of rotatable bonds is 6. The molecule has 0 radical (unpaired) electrons. The average molecular weight is 341 g/mol. The summed E-state index contributed by atoms with van der Waals surface area (Å²) in [6.45, 7) is 2.30. The minimum Gasteiger partial charge on any atom is -0.0709 e. The molecule has 0 nitrogen and oxygen atoms in total. The van der Waals surface area contributed by atoms with Gasteiger partial charge in [-0.1, -0.05) is 91.8 Å². The van der Waals surface area contributed by atoms with E-state index in [0.29, 0.717) is 4.49 Å². The van der Waals surface area contributed by atoms with Gasteiger partial charge < -0.3 is 0 Å². The third-order valence-corrected chi connectivity index (χ3v) is 8.49. The van der Waals surface area contributed by atoms with Crippen molar-refractivity contribution >= 4 is 38.1 Å². The van der Waals surface area contributed by atoms with Gasteiger partial charge in [0.25, 0.3) is 0 Å². The predicted octanol–water partition coefficient (Wildman–Crippen LogP) is 6.76. The highest BCUT2D eigenvalue weighted by atomic mass is 35.5. The lowest BCUT2D eigenvalue weighted by molar-refractivity contribution is 0.603. The Morgan fingerprint density at radius 1 is 1.14 bits per heavy atom. The molecule has 0 aromatic heterocycles. The molecule has 1 heterocycles. The third-order valence-electron chi connectivity index (χ3n) is 4.75. The predicted molar refractivity (Wildman–Crippen MR) is 99.2 cm³/mol. The first-order valence-corrected chi connectivity index (χ1v) is 11.5. The molecule has 21 heavy (non-hydrogen) atoms. The summed E-state index contributed by atoms with van der Waals surface area (Å²) in [5.74, 6) is 0.782. The van der Waals surface area contributed by atoms with E-state index in [0.717, 1.165) is 11.5 Å². The van der Waals surface area contributed by atoms with E-state index >= 15 is 0 Å². The molecule has 0 N–H and O–H groups in total. The van der Waals surface area contributed by atoms with Crippen molar-refractivity contribution in [3.63, 3.8) is 0 Å². The smallest absolute Gasteiger partial charge is 0.0709 e. The summed E-state index contributed by atoms with van der Waals surface area (Å²) in [6.07, 6.45) is 8.90. The molecule has 3 heteroatoms. The Bertz CT molecular complexity index is 441. The second-order valence-electron chi connectivity index (χ2n) is 6.31. The first-order valence-electron chi connectivity index (χ1n) is 8.31. The Morgan fingerprint density at radius 2 is 1.81 bits per heavy atom. The van der Waals surface area contributed by atoms with Crippen LogP contribution in [0.5, 0.6) is 0 Å². The van der Waals surface area contributed by atoms with Crippen LogP contribution in [0.2, 0.25) is 18.1 Å². The lowest BCUT2D eigenvalue weighted by atomic mass is 9.93. The number of unbranched alkanes of at least 4 members (excludes halogenated alkanes) is 2. The second-order valence-corrected chi connectivity index (χ2v) is 10.8. The number of hydrogen-bond acceptors (Lipinski definition) is 0. The van der Waals surface area contributed by atoms with Crippen molar-refractivity contribution in [1.82, 2.24) is 0 Å². The molecule has 0 unspecified atom stereocenters. The molecular weight excluding hydrogens is 315 g/mol. The fourth-order valence-corrected chi connectivity index (χ4v) is 7.19. The summed E-state index contributed by atoms with van der Waals surface area (Å²) in [6, 6.07) is 13.4. The van der Waals surface area contributed by atoms with Gasteiger partial charge in [0, 0.05) is 8.80 Å². The Morgan fingerprint density at radius 3 is 2.38 bits per heavy atom. The van der Waals surface area contributed by atoms with Crippen molar-refractivity contribution in [2.24, 2.45) is 0 Å². The summed E-state index contributed by atoms with van der Waals surface area (Å²) in [5, 5.41) is 0. The Labute approximate surface area is 141 Å². The van der Waals surface area contributed by atoms with E-state index in [1.807, 2.05) is 0 Å². The highest BCUT2D eigenvalue weighted by molar-refractivity contribution is 6.59. The largest absolute Gasteiger partial charge is 0.107 e. The van der Waals surface area contributed by atoms with E-state index in [1.165, 1.54) is 37.7 Å². The molecule has 0 aliphatic carbocycles. The van der Waals surface area contributed by atoms with Gasteiger partial charge in [0.05, 0.1) is 0 Å². The SMILES string of the molecule is CCCCC[Si@H]1CC[C@H](c2ccc(C=C(Cl)Cl)cc2)CC1. The molecule has 0 amide bonds. The molecule has 116 valence electrons. The van der Waals surface area contributed by atoms with Crippen molar-refractivity contribution in [3.8, 4) is 0 Å². The van der Waals surface area contributed by atoms with Crippen LogP contribution in [-0.2, 0) is 0 Å². The number of benzene rings is 1. The molecule has 0 spiro atoms. The fourth-order valence-electron chi connectivity index (χ4n) is 3.46. The first-order chi connectivity index (χ1) is 10.2. The van der Waals surface area contributed by atoms with Crippen LogP contribution >= 0.6 is 23.2 Å². The summed E-state index contributed by atoms with van der Waals surface area (Å²) in [7, 11) is -0.394. The molecule has 0 atom stereocenters. The lowest BCUT2D eigenvalue weighted by Gasteiger charge is -2.28. The minimum absolute atomic E-state index is 0.321. The van der Waals surface area contributed by atoms with Crippen LogP contribution in [0.1, 0.15) is 56.1 Å². The molecule has 1 fully saturated rings. The molecular formula is C18H26Cl2Si. The molecule has 1 aromatic carbocycles. The monoisotopic (exact) mass is 340 g/mol. The van der Waals surface area contributed by atoms with E-state index in [4.69, 9.17) is 23.2 Å². The Hall–Kier alpha value is -0.243. The van der Waals surface area contributed by atoms with E-state index < -0.39 is 8.80 Å². The van der Waals surface area contributed by atoms with Crippen LogP contribution < -0.4 is 0 Å². The van der Waals surface area contributed by atoms with Gasteiger partial charge in [-0.15, -0.1) is 0 Å². The maximum Gasteiger partial charge on any atom is 0.107 e. The zero-order valence-corrected chi connectivity index (χ0v) is 15.6. The van der Waals surface area contributed by atoms with Crippen LogP contribution in [0.4, 0.5) is 0 Å². The van der Waals surface area contributed by atoms with Crippen LogP contribution in [0.15, 0.2) is 28.8 Å². The summed E-state index contributed by atoms with van der Waals surface area (Å²) in [4.78, 5) is 0. The van der Waals surface area contributed by atoms with E-state index in [2.05, 4.69) is 31.2 Å². The normalized spacial score (nSPS) is 22.0. The molecule has 1 aliphatic rings. The van der Waals surface area contributed by atoms with Crippen molar-refractivity contribution in [2.45, 2.75) is 63.1 Å². The first kappa shape index (κ1) is 17.1. The van der Waals surface area contributed by atoms with Gasteiger partial charge >= 0.3 is 0 Å². The van der Waals surface area contributed by atoms with Gasteiger partial charge in [-0.05, 0) is 36.0 Å². The average Bonchev–Trinajstić information content (AvgIpc) is 2.49. The highest BCUT2D eigenvalue weighted by Gasteiger charge is 2.22. The molecule has 0 bridgehead atoms. The standard InChI is InChI=1S/C18H26Cl2Si/c1-2-3-4-11-21-12-9-17(10-13-21)16-7-5-15(6-8-16)14-18(19)20/h5-8,14,17,21H,2-4,9-13H2,1H3/t17-,21-. The number of hydrogen-bond donors (Lipinski definition) is 0. The maximum absolute atomic E-state index is 5.70. The number of halogens is 2. The van der Waals surface area contributed by atoms with Crippen LogP contribution in [0, 0.1) is 0 Å². The van der Waals surface area contributed by atoms with Crippen molar-refractivity contribution < 1.29 is 0 Å². The van der Waals surface area contributed by atoms with Gasteiger partial charge in [-0.3, -0.25) is 0 Å².